The zero-order chi connectivity index (χ0) is 31.1. The first-order valence-electron chi connectivity index (χ1n) is 14.9. The van der Waals surface area contributed by atoms with Gasteiger partial charge in [0.05, 0.1) is 11.8 Å². The number of anilines is 2. The first-order valence-corrected chi connectivity index (χ1v) is 16.8. The van der Waals surface area contributed by atoms with Gasteiger partial charge in [-0.3, -0.25) is 14.5 Å². The van der Waals surface area contributed by atoms with Gasteiger partial charge in [0, 0.05) is 40.4 Å². The number of sulfonamides is 1. The van der Waals surface area contributed by atoms with Crippen LogP contribution in [0.2, 0.25) is 0 Å². The molecule has 0 saturated heterocycles. The Balaban J connectivity index is 1.24. The van der Waals surface area contributed by atoms with Crippen molar-refractivity contribution in [2.45, 2.75) is 39.5 Å². The van der Waals surface area contributed by atoms with E-state index in [0.29, 0.717) is 11.3 Å². The van der Waals surface area contributed by atoms with E-state index in [1.54, 1.807) is 36.7 Å². The average Bonchev–Trinajstić information content (AvgIpc) is 3.34. The Morgan fingerprint density at radius 1 is 0.864 bits per heavy atom. The number of pyridine rings is 1. The highest BCUT2D eigenvalue weighted by Crippen LogP contribution is 2.33. The number of nitrogens with one attached hydrogen (secondary N) is 4. The van der Waals surface area contributed by atoms with Crippen LogP contribution in [-0.2, 0) is 22.9 Å². The third-order valence-corrected chi connectivity index (χ3v) is 8.08. The molecule has 0 bridgehead atoms. The number of carbonyl (C=O) groups excluding carboxylic acids is 1. The molecule has 0 fully saturated rings. The van der Waals surface area contributed by atoms with Gasteiger partial charge in [0.15, 0.2) is 0 Å². The Bertz CT molecular complexity index is 1830. The standard InChI is InChI=1S/C35H39N5O3S/c1-24-19-25(2)21-28(20-24)34-31(15-18-36-16-5-4-7-26-9-11-29(12-10-26)40-44(3,42)43)32-22-30(13-14-33(32)39-34)38-35(41)27-8-6-17-37-23-27/h6,8-14,17,19-23,36,39-40H,4-5,7,15-16,18H2,1-3H3,(H,38,41). The van der Waals surface area contributed by atoms with Gasteiger partial charge in [-0.05, 0) is 124 Å². The summed E-state index contributed by atoms with van der Waals surface area (Å²) in [6, 6.07) is 23.7. The van der Waals surface area contributed by atoms with Gasteiger partial charge in [-0.1, -0.05) is 29.3 Å². The fourth-order valence-electron chi connectivity index (χ4n) is 5.52. The number of aromatic nitrogens is 2. The molecular weight excluding hydrogens is 570 g/mol. The summed E-state index contributed by atoms with van der Waals surface area (Å²) in [7, 11) is -3.27. The van der Waals surface area contributed by atoms with Gasteiger partial charge < -0.3 is 15.6 Å². The van der Waals surface area contributed by atoms with E-state index >= 15 is 0 Å². The topological polar surface area (TPSA) is 116 Å². The molecule has 228 valence electrons. The minimum Gasteiger partial charge on any atom is -0.354 e. The summed E-state index contributed by atoms with van der Waals surface area (Å²) in [5, 5.41) is 7.73. The molecule has 0 aliphatic heterocycles. The molecule has 9 heteroatoms. The molecule has 0 aliphatic rings. The second-order valence-corrected chi connectivity index (χ2v) is 13.1. The highest BCUT2D eigenvalue weighted by Gasteiger charge is 2.15. The third-order valence-electron chi connectivity index (χ3n) is 7.48. The van der Waals surface area contributed by atoms with Gasteiger partial charge in [0.1, 0.15) is 0 Å². The predicted molar refractivity (Wildman–Crippen MR) is 180 cm³/mol. The number of amides is 1. The van der Waals surface area contributed by atoms with Gasteiger partial charge in [-0.25, -0.2) is 8.42 Å². The van der Waals surface area contributed by atoms with E-state index < -0.39 is 10.0 Å². The van der Waals surface area contributed by atoms with Crippen LogP contribution in [0, 0.1) is 13.8 Å². The van der Waals surface area contributed by atoms with Crippen LogP contribution in [0.4, 0.5) is 11.4 Å². The van der Waals surface area contributed by atoms with Crippen LogP contribution in [0.5, 0.6) is 0 Å². The van der Waals surface area contributed by atoms with Crippen molar-refractivity contribution in [2.24, 2.45) is 0 Å². The number of aryl methyl sites for hydroxylation is 3. The Labute approximate surface area is 259 Å². The molecule has 1 amide bonds. The molecule has 0 atom stereocenters. The van der Waals surface area contributed by atoms with Crippen molar-refractivity contribution in [1.82, 2.24) is 15.3 Å². The molecule has 3 aromatic carbocycles. The van der Waals surface area contributed by atoms with Crippen LogP contribution >= 0.6 is 0 Å². The van der Waals surface area contributed by atoms with Crippen molar-refractivity contribution in [3.8, 4) is 11.3 Å². The fourth-order valence-corrected chi connectivity index (χ4v) is 6.09. The zero-order valence-electron chi connectivity index (χ0n) is 25.4. The molecule has 2 aromatic heterocycles. The minimum absolute atomic E-state index is 0.188. The van der Waals surface area contributed by atoms with Crippen LogP contribution < -0.4 is 15.4 Å². The predicted octanol–water partition coefficient (Wildman–Crippen LogP) is 6.63. The van der Waals surface area contributed by atoms with E-state index in [4.69, 9.17) is 0 Å². The van der Waals surface area contributed by atoms with Gasteiger partial charge in [-0.15, -0.1) is 0 Å². The molecule has 5 aromatic rings. The maximum Gasteiger partial charge on any atom is 0.257 e. The number of rotatable bonds is 13. The van der Waals surface area contributed by atoms with Gasteiger partial charge in [0.2, 0.25) is 10.0 Å². The Kier molecular flexibility index (Phi) is 9.77. The number of hydrogen-bond acceptors (Lipinski definition) is 5. The summed E-state index contributed by atoms with van der Waals surface area (Å²) >= 11 is 0. The normalized spacial score (nSPS) is 11.5. The summed E-state index contributed by atoms with van der Waals surface area (Å²) < 4.78 is 25.3. The molecular formula is C35H39N5O3S. The molecule has 4 N–H and O–H groups in total. The fraction of sp³-hybridized carbons (Fsp3) is 0.257. The quantitative estimate of drug-likeness (QED) is 0.112. The van der Waals surface area contributed by atoms with Crippen molar-refractivity contribution >= 4 is 38.2 Å². The number of H-pyrrole nitrogens is 1. The number of unbranched alkanes of at least 4 members (excludes halogenated alkanes) is 1. The lowest BCUT2D eigenvalue weighted by Crippen LogP contribution is -2.18. The van der Waals surface area contributed by atoms with E-state index in [0.717, 1.165) is 72.9 Å². The summed E-state index contributed by atoms with van der Waals surface area (Å²) in [5.41, 5.74) is 9.98. The maximum absolute atomic E-state index is 12.8. The van der Waals surface area contributed by atoms with Crippen LogP contribution in [0.1, 0.15) is 45.5 Å². The number of fused-ring (bicyclic) bond motifs is 1. The number of aromatic amines is 1. The molecule has 0 spiro atoms. The SMILES string of the molecule is Cc1cc(C)cc(-c2[nH]c3ccc(NC(=O)c4cccnc4)cc3c2CCNCCCCc2ccc(NS(C)(=O)=O)cc2)c1. The molecule has 0 aliphatic carbocycles. The molecule has 2 heterocycles. The van der Waals surface area contributed by atoms with Crippen LogP contribution in [0.25, 0.3) is 22.2 Å². The Hall–Kier alpha value is -4.47. The summed E-state index contributed by atoms with van der Waals surface area (Å²) in [4.78, 5) is 20.5. The van der Waals surface area contributed by atoms with Crippen molar-refractivity contribution in [3.05, 3.63) is 113 Å². The van der Waals surface area contributed by atoms with Crippen LogP contribution in [-0.4, -0.2) is 43.6 Å². The number of benzene rings is 3. The molecule has 5 rings (SSSR count). The van der Waals surface area contributed by atoms with E-state index in [9.17, 15) is 13.2 Å². The van der Waals surface area contributed by atoms with E-state index in [2.05, 4.69) is 63.4 Å². The van der Waals surface area contributed by atoms with E-state index in [1.807, 2.05) is 24.3 Å². The molecule has 8 nitrogen and oxygen atoms in total. The first kappa shape index (κ1) is 31.0. The van der Waals surface area contributed by atoms with Gasteiger partial charge in [0.25, 0.3) is 5.91 Å². The molecule has 0 unspecified atom stereocenters. The zero-order valence-corrected chi connectivity index (χ0v) is 26.2. The monoisotopic (exact) mass is 609 g/mol. The lowest BCUT2D eigenvalue weighted by molar-refractivity contribution is 0.102. The smallest absolute Gasteiger partial charge is 0.257 e. The van der Waals surface area contributed by atoms with Gasteiger partial charge >= 0.3 is 0 Å². The second kappa shape index (κ2) is 13.9. The Morgan fingerprint density at radius 3 is 2.32 bits per heavy atom. The van der Waals surface area contributed by atoms with E-state index in [-0.39, 0.29) is 5.91 Å². The third kappa shape index (κ3) is 8.33. The van der Waals surface area contributed by atoms with E-state index in [1.165, 1.54) is 22.3 Å². The summed E-state index contributed by atoms with van der Waals surface area (Å²) in [5.74, 6) is -0.188. The van der Waals surface area contributed by atoms with Crippen molar-refractivity contribution < 1.29 is 13.2 Å². The van der Waals surface area contributed by atoms with Crippen molar-refractivity contribution in [2.75, 3.05) is 29.4 Å². The molecule has 0 saturated carbocycles. The summed E-state index contributed by atoms with van der Waals surface area (Å²) in [6.45, 7) is 5.96. The number of carbonyl (C=O) groups is 1. The van der Waals surface area contributed by atoms with Crippen LogP contribution in [0.15, 0.2) is 85.2 Å². The van der Waals surface area contributed by atoms with Crippen LogP contribution in [0.3, 0.4) is 0 Å². The second-order valence-electron chi connectivity index (χ2n) is 11.3. The Morgan fingerprint density at radius 2 is 1.61 bits per heavy atom. The first-order chi connectivity index (χ1) is 21.1. The van der Waals surface area contributed by atoms with Gasteiger partial charge in [-0.2, -0.15) is 0 Å². The van der Waals surface area contributed by atoms with Crippen molar-refractivity contribution in [3.63, 3.8) is 0 Å². The largest absolute Gasteiger partial charge is 0.354 e. The number of nitrogens with zero attached hydrogens (tertiary/aromatic N) is 1. The lowest BCUT2D eigenvalue weighted by Gasteiger charge is -2.10. The van der Waals surface area contributed by atoms with Crippen molar-refractivity contribution in [1.29, 1.82) is 0 Å². The highest BCUT2D eigenvalue weighted by molar-refractivity contribution is 7.92. The molecule has 44 heavy (non-hydrogen) atoms. The minimum atomic E-state index is -3.27. The average molecular weight is 610 g/mol. The number of hydrogen-bond donors (Lipinski definition) is 4. The maximum atomic E-state index is 12.8. The lowest BCUT2D eigenvalue weighted by atomic mass is 9.99. The molecule has 0 radical (unpaired) electrons. The summed E-state index contributed by atoms with van der Waals surface area (Å²) in [6.07, 6.45) is 8.20. The highest BCUT2D eigenvalue weighted by atomic mass is 32.2.